The summed E-state index contributed by atoms with van der Waals surface area (Å²) in [6.07, 6.45) is 3.40. The summed E-state index contributed by atoms with van der Waals surface area (Å²) in [5.41, 5.74) is 1.05. The Balaban J connectivity index is 1.73. The maximum absolute atomic E-state index is 13.0. The van der Waals surface area contributed by atoms with Gasteiger partial charge in [0.2, 0.25) is 5.91 Å². The van der Waals surface area contributed by atoms with Crippen molar-refractivity contribution in [1.29, 1.82) is 0 Å². The summed E-state index contributed by atoms with van der Waals surface area (Å²) >= 11 is 0. The predicted molar refractivity (Wildman–Crippen MR) is 112 cm³/mol. The van der Waals surface area contributed by atoms with Gasteiger partial charge < -0.3 is 20.1 Å². The average molecular weight is 415 g/mol. The number of piperidine rings is 1. The van der Waals surface area contributed by atoms with Crippen LogP contribution in [-0.2, 0) is 20.7 Å². The van der Waals surface area contributed by atoms with Gasteiger partial charge in [0.1, 0.15) is 17.7 Å². The van der Waals surface area contributed by atoms with Gasteiger partial charge in [-0.05, 0) is 51.7 Å². The van der Waals surface area contributed by atoms with E-state index in [-0.39, 0.29) is 6.42 Å². The summed E-state index contributed by atoms with van der Waals surface area (Å²) in [6, 6.07) is 5.76. The van der Waals surface area contributed by atoms with Gasteiger partial charge in [-0.3, -0.25) is 9.69 Å². The van der Waals surface area contributed by atoms with Crippen LogP contribution in [0.15, 0.2) is 30.5 Å². The van der Waals surface area contributed by atoms with Crippen molar-refractivity contribution in [3.05, 3.63) is 36.0 Å². The molecule has 2 amide bonds. The van der Waals surface area contributed by atoms with Gasteiger partial charge in [-0.1, -0.05) is 18.2 Å². The number of aromatic amines is 1. The molecule has 3 rings (SSSR count). The molecule has 1 aliphatic heterocycles. The first-order valence-corrected chi connectivity index (χ1v) is 10.2. The number of fused-ring (bicyclic) bond motifs is 1. The Morgan fingerprint density at radius 1 is 1.27 bits per heavy atom. The number of hydrogen-bond acceptors (Lipinski definition) is 4. The van der Waals surface area contributed by atoms with Crippen LogP contribution in [0.4, 0.5) is 4.79 Å². The summed E-state index contributed by atoms with van der Waals surface area (Å²) in [4.78, 5) is 41.9. The molecular weight excluding hydrogens is 386 g/mol. The van der Waals surface area contributed by atoms with Crippen molar-refractivity contribution in [3.8, 4) is 0 Å². The van der Waals surface area contributed by atoms with Crippen molar-refractivity contribution in [2.45, 2.75) is 64.1 Å². The van der Waals surface area contributed by atoms with Crippen LogP contribution in [0.1, 0.15) is 45.6 Å². The van der Waals surface area contributed by atoms with Gasteiger partial charge in [-0.2, -0.15) is 0 Å². The number of para-hydroxylation sites is 1. The first-order chi connectivity index (χ1) is 14.2. The summed E-state index contributed by atoms with van der Waals surface area (Å²) in [5.74, 6) is -1.58. The van der Waals surface area contributed by atoms with Crippen LogP contribution in [0.25, 0.3) is 10.9 Å². The van der Waals surface area contributed by atoms with Gasteiger partial charge >= 0.3 is 12.1 Å². The van der Waals surface area contributed by atoms with E-state index in [1.807, 2.05) is 24.3 Å². The Hall–Kier alpha value is -3.03. The van der Waals surface area contributed by atoms with E-state index >= 15 is 0 Å². The molecule has 0 saturated carbocycles. The Bertz CT molecular complexity index is 930. The molecule has 2 heterocycles. The van der Waals surface area contributed by atoms with E-state index in [0.29, 0.717) is 13.0 Å². The number of amides is 2. The lowest BCUT2D eigenvalue weighted by Crippen LogP contribution is -2.56. The number of carbonyl (C=O) groups is 3. The molecule has 3 N–H and O–H groups in total. The molecule has 1 aliphatic rings. The lowest BCUT2D eigenvalue weighted by atomic mass is 10.0. The standard InChI is InChI=1S/C22H29N3O5/c1-22(2,3)30-21(29)25-11-7-6-10-18(25)19(26)24-17(20(27)28)12-14-13-23-16-9-5-4-8-15(14)16/h4-5,8-9,13,17-18,23H,6-7,10-12H2,1-3H3,(H,24,26)(H,27,28)/t17-,18-/m0/s1. The van der Waals surface area contributed by atoms with Crippen molar-refractivity contribution in [3.63, 3.8) is 0 Å². The van der Waals surface area contributed by atoms with E-state index in [1.54, 1.807) is 27.0 Å². The smallest absolute Gasteiger partial charge is 0.410 e. The molecule has 0 spiro atoms. The monoisotopic (exact) mass is 415 g/mol. The van der Waals surface area contributed by atoms with Crippen LogP contribution in [0.5, 0.6) is 0 Å². The third-order valence-corrected chi connectivity index (χ3v) is 5.15. The van der Waals surface area contributed by atoms with Crippen LogP contribution >= 0.6 is 0 Å². The van der Waals surface area contributed by atoms with Crippen LogP contribution in [0.3, 0.4) is 0 Å². The van der Waals surface area contributed by atoms with E-state index < -0.39 is 35.7 Å². The Morgan fingerprint density at radius 3 is 2.70 bits per heavy atom. The third kappa shape index (κ3) is 5.11. The SMILES string of the molecule is CC(C)(C)OC(=O)N1CCCC[C@H]1C(=O)N[C@@H](Cc1c[nH]c2ccccc12)C(=O)O. The van der Waals surface area contributed by atoms with Gasteiger partial charge in [0.05, 0.1) is 0 Å². The number of benzene rings is 1. The number of carboxylic acids is 1. The number of carbonyl (C=O) groups excluding carboxylic acids is 2. The fraction of sp³-hybridized carbons (Fsp3) is 0.500. The highest BCUT2D eigenvalue weighted by Gasteiger charge is 2.36. The number of hydrogen-bond donors (Lipinski definition) is 3. The van der Waals surface area contributed by atoms with Gasteiger partial charge in [0.25, 0.3) is 0 Å². The summed E-state index contributed by atoms with van der Waals surface area (Å²) < 4.78 is 5.43. The minimum Gasteiger partial charge on any atom is -0.480 e. The lowest BCUT2D eigenvalue weighted by molar-refractivity contribution is -0.142. The quantitative estimate of drug-likeness (QED) is 0.695. The topological polar surface area (TPSA) is 112 Å². The number of ether oxygens (including phenoxy) is 1. The van der Waals surface area contributed by atoms with Gasteiger partial charge in [0, 0.05) is 30.1 Å². The van der Waals surface area contributed by atoms with Crippen molar-refractivity contribution in [1.82, 2.24) is 15.2 Å². The van der Waals surface area contributed by atoms with Crippen molar-refractivity contribution in [2.75, 3.05) is 6.54 Å². The molecule has 162 valence electrons. The van der Waals surface area contributed by atoms with E-state index in [9.17, 15) is 19.5 Å². The first-order valence-electron chi connectivity index (χ1n) is 10.2. The molecule has 0 unspecified atom stereocenters. The first kappa shape index (κ1) is 21.7. The molecule has 0 bridgehead atoms. The maximum Gasteiger partial charge on any atom is 0.410 e. The molecule has 1 saturated heterocycles. The van der Waals surface area contributed by atoms with E-state index in [4.69, 9.17) is 4.74 Å². The molecule has 8 nitrogen and oxygen atoms in total. The van der Waals surface area contributed by atoms with Crippen LogP contribution in [0, 0.1) is 0 Å². The number of nitrogens with one attached hydrogen (secondary N) is 2. The molecule has 0 aliphatic carbocycles. The summed E-state index contributed by atoms with van der Waals surface area (Å²) in [5, 5.41) is 13.2. The number of H-pyrrole nitrogens is 1. The van der Waals surface area contributed by atoms with Crippen molar-refractivity contribution in [2.24, 2.45) is 0 Å². The van der Waals surface area contributed by atoms with Crippen molar-refractivity contribution >= 4 is 28.9 Å². The highest BCUT2D eigenvalue weighted by Crippen LogP contribution is 2.22. The van der Waals surface area contributed by atoms with E-state index in [0.717, 1.165) is 29.3 Å². The van der Waals surface area contributed by atoms with Gasteiger partial charge in [-0.15, -0.1) is 0 Å². The molecule has 2 atom stereocenters. The Morgan fingerprint density at radius 2 is 2.00 bits per heavy atom. The summed E-state index contributed by atoms with van der Waals surface area (Å²) in [6.45, 7) is 5.72. The number of rotatable bonds is 5. The van der Waals surface area contributed by atoms with Gasteiger partial charge in [-0.25, -0.2) is 9.59 Å². The second kappa shape index (κ2) is 8.77. The molecule has 30 heavy (non-hydrogen) atoms. The maximum atomic E-state index is 13.0. The lowest BCUT2D eigenvalue weighted by Gasteiger charge is -2.36. The molecule has 1 aromatic heterocycles. The normalized spacial score (nSPS) is 18.1. The van der Waals surface area contributed by atoms with Crippen LogP contribution < -0.4 is 5.32 Å². The number of nitrogens with zero attached hydrogens (tertiary/aromatic N) is 1. The predicted octanol–water partition coefficient (Wildman–Crippen LogP) is 3.07. The average Bonchev–Trinajstić information content (AvgIpc) is 3.09. The fourth-order valence-electron chi connectivity index (χ4n) is 3.73. The number of aliphatic carboxylic acids is 1. The van der Waals surface area contributed by atoms with Crippen LogP contribution in [0.2, 0.25) is 0 Å². The zero-order chi connectivity index (χ0) is 21.9. The zero-order valence-corrected chi connectivity index (χ0v) is 17.6. The largest absolute Gasteiger partial charge is 0.480 e. The molecule has 0 radical (unpaired) electrons. The number of aromatic nitrogens is 1. The summed E-state index contributed by atoms with van der Waals surface area (Å²) in [7, 11) is 0. The molecular formula is C22H29N3O5. The molecule has 1 aromatic carbocycles. The van der Waals surface area contributed by atoms with Crippen LogP contribution in [-0.4, -0.2) is 57.2 Å². The Labute approximate surface area is 175 Å². The molecule has 2 aromatic rings. The van der Waals surface area contributed by atoms with E-state index in [2.05, 4.69) is 10.3 Å². The minimum absolute atomic E-state index is 0.143. The minimum atomic E-state index is -1.12. The second-order valence-electron chi connectivity index (χ2n) is 8.65. The third-order valence-electron chi connectivity index (χ3n) is 5.15. The molecule has 8 heteroatoms. The van der Waals surface area contributed by atoms with E-state index in [1.165, 1.54) is 4.90 Å². The molecule has 1 fully saturated rings. The number of carboxylic acid groups (broad SMARTS) is 1. The highest BCUT2D eigenvalue weighted by atomic mass is 16.6. The number of likely N-dealkylation sites (tertiary alicyclic amines) is 1. The Kier molecular flexibility index (Phi) is 6.34. The highest BCUT2D eigenvalue weighted by molar-refractivity contribution is 5.90. The van der Waals surface area contributed by atoms with Gasteiger partial charge in [0.15, 0.2) is 0 Å². The second-order valence-corrected chi connectivity index (χ2v) is 8.65. The van der Waals surface area contributed by atoms with Crippen molar-refractivity contribution < 1.29 is 24.2 Å². The fourth-order valence-corrected chi connectivity index (χ4v) is 3.73. The zero-order valence-electron chi connectivity index (χ0n) is 17.6.